The van der Waals surface area contributed by atoms with Crippen LogP contribution in [0, 0.1) is 6.92 Å². The second-order valence-electron chi connectivity index (χ2n) is 7.27. The first kappa shape index (κ1) is 25.2. The van der Waals surface area contributed by atoms with Crippen LogP contribution in [0.3, 0.4) is 0 Å². The summed E-state index contributed by atoms with van der Waals surface area (Å²) in [6.07, 6.45) is 15.1. The van der Waals surface area contributed by atoms with Crippen LogP contribution in [-0.2, 0) is 32.6 Å². The molecule has 2 atom stereocenters. The molecule has 2 aliphatic rings. The third-order valence-electron chi connectivity index (χ3n) is 5.64. The van der Waals surface area contributed by atoms with Crippen LogP contribution in [-0.4, -0.2) is 0 Å². The smallest absolute Gasteiger partial charge is 1.00 e. The van der Waals surface area contributed by atoms with Crippen LogP contribution in [0.25, 0.3) is 6.08 Å². The maximum Gasteiger partial charge on any atom is 2.00 e. The summed E-state index contributed by atoms with van der Waals surface area (Å²) < 4.78 is 0. The molecule has 0 aliphatic heterocycles. The molecule has 0 nitrogen and oxygen atoms in total. The first-order valence-corrected chi connectivity index (χ1v) is 9.50. The van der Waals surface area contributed by atoms with E-state index >= 15 is 0 Å². The summed E-state index contributed by atoms with van der Waals surface area (Å²) in [4.78, 5) is 0. The summed E-state index contributed by atoms with van der Waals surface area (Å²) in [7, 11) is 0. The molecule has 2 aromatic rings. The van der Waals surface area contributed by atoms with Crippen molar-refractivity contribution in [1.82, 2.24) is 0 Å². The van der Waals surface area contributed by atoms with Crippen molar-refractivity contribution in [2.75, 3.05) is 0 Å². The van der Waals surface area contributed by atoms with Crippen molar-refractivity contribution in [3.05, 3.63) is 100 Å². The summed E-state index contributed by atoms with van der Waals surface area (Å²) in [6, 6.07) is 15.7. The molecule has 28 heavy (non-hydrogen) atoms. The topological polar surface area (TPSA) is 0 Å². The van der Waals surface area contributed by atoms with Gasteiger partial charge in [-0.2, -0.15) is 0 Å². The number of rotatable bonds is 5. The number of aryl methyl sites for hydroxylation is 2. The Labute approximate surface area is 201 Å². The van der Waals surface area contributed by atoms with Crippen LogP contribution in [0.1, 0.15) is 59.4 Å². The minimum atomic E-state index is 0. The van der Waals surface area contributed by atoms with E-state index in [1.807, 2.05) is 0 Å². The number of allylic oxidation sites excluding steroid dienone is 5. The molecule has 2 unspecified atom stereocenters. The van der Waals surface area contributed by atoms with E-state index in [1.54, 1.807) is 5.56 Å². The van der Waals surface area contributed by atoms with Gasteiger partial charge in [0.2, 0.25) is 0 Å². The van der Waals surface area contributed by atoms with Crippen LogP contribution in [0.15, 0.2) is 72.3 Å². The van der Waals surface area contributed by atoms with E-state index in [9.17, 15) is 0 Å². The maximum atomic E-state index is 2.45. The van der Waals surface area contributed by atoms with Gasteiger partial charge in [0, 0.05) is 11.8 Å². The van der Waals surface area contributed by atoms with E-state index in [0.717, 1.165) is 6.42 Å². The number of fused-ring (bicyclic) bond motifs is 1. The average molecular weight is 489 g/mol. The van der Waals surface area contributed by atoms with E-state index in [4.69, 9.17) is 0 Å². The predicted molar refractivity (Wildman–Crippen MR) is 108 cm³/mol. The Morgan fingerprint density at radius 2 is 1.79 bits per heavy atom. The molecule has 0 radical (unpaired) electrons. The molecule has 0 bridgehead atoms. The molecule has 2 aliphatic carbocycles. The Morgan fingerprint density at radius 3 is 2.43 bits per heavy atom. The first-order valence-electron chi connectivity index (χ1n) is 9.50. The van der Waals surface area contributed by atoms with Gasteiger partial charge >= 0.3 is 26.2 Å². The van der Waals surface area contributed by atoms with Crippen molar-refractivity contribution >= 4 is 6.08 Å². The van der Waals surface area contributed by atoms with E-state index in [-0.39, 0.29) is 51.0 Å². The van der Waals surface area contributed by atoms with Gasteiger partial charge in [-0.1, -0.05) is 91.8 Å². The Kier molecular flexibility index (Phi) is 10.2. The van der Waals surface area contributed by atoms with Gasteiger partial charge < -0.3 is 24.8 Å². The van der Waals surface area contributed by atoms with Crippen molar-refractivity contribution < 1.29 is 51.0 Å². The van der Waals surface area contributed by atoms with Crippen LogP contribution in [0.4, 0.5) is 0 Å². The minimum Gasteiger partial charge on any atom is -1.00 e. The van der Waals surface area contributed by atoms with Crippen molar-refractivity contribution in [2.45, 2.75) is 44.9 Å². The van der Waals surface area contributed by atoms with Crippen LogP contribution in [0.5, 0.6) is 0 Å². The molecule has 0 aromatic heterocycles. The van der Waals surface area contributed by atoms with Gasteiger partial charge in [0.25, 0.3) is 0 Å². The molecule has 144 valence electrons. The van der Waals surface area contributed by atoms with Crippen molar-refractivity contribution in [3.63, 3.8) is 0 Å². The molecule has 3 heteroatoms. The molecule has 0 saturated heterocycles. The molecule has 0 fully saturated rings. The van der Waals surface area contributed by atoms with Crippen LogP contribution >= 0.6 is 0 Å². The second kappa shape index (κ2) is 11.3. The summed E-state index contributed by atoms with van der Waals surface area (Å²) >= 11 is 0. The Morgan fingerprint density at radius 1 is 1.04 bits per heavy atom. The van der Waals surface area contributed by atoms with E-state index in [2.05, 4.69) is 86.7 Å². The number of benzene rings is 2. The Hall–Kier alpha value is -0.877. The van der Waals surface area contributed by atoms with Gasteiger partial charge in [-0.05, 0) is 47.6 Å². The molecule has 0 spiro atoms. The van der Waals surface area contributed by atoms with Crippen LogP contribution < -0.4 is 24.8 Å². The third-order valence-corrected chi connectivity index (χ3v) is 5.64. The summed E-state index contributed by atoms with van der Waals surface area (Å²) in [6.45, 7) is 4.52. The SMILES string of the molecule is CCCc1ccc(C)c2c1C(C(C1=CC=CC1)c1ccccc1)C=C2.[Cl-].[Cl-].[Zr+2]. The van der Waals surface area contributed by atoms with Gasteiger partial charge in [0.05, 0.1) is 0 Å². The molecule has 0 amide bonds. The molecule has 0 N–H and O–H groups in total. The fourth-order valence-corrected chi connectivity index (χ4v) is 4.47. The first-order chi connectivity index (χ1) is 12.3. The monoisotopic (exact) mass is 486 g/mol. The quantitative estimate of drug-likeness (QED) is 0.583. The third kappa shape index (κ3) is 4.81. The predicted octanol–water partition coefficient (Wildman–Crippen LogP) is 0.734. The van der Waals surface area contributed by atoms with Crippen molar-refractivity contribution in [2.24, 2.45) is 0 Å². The van der Waals surface area contributed by atoms with E-state index in [1.165, 1.54) is 40.7 Å². The summed E-state index contributed by atoms with van der Waals surface area (Å²) in [5.41, 5.74) is 8.94. The van der Waals surface area contributed by atoms with E-state index in [0.29, 0.717) is 11.8 Å². The standard InChI is InChI=1S/C25H26.2ClH.Zr/c1-3-9-19-15-14-18(2)22-16-17-23(25(19)22)24(21-12-7-8-13-21)20-10-5-4-6-11-20;;;/h4-8,10-12,14-17,23-24H,3,9,13H2,1-2H3;2*1H;/q;;;+2/p-2. The van der Waals surface area contributed by atoms with Gasteiger partial charge in [-0.25, -0.2) is 0 Å². The molecule has 4 rings (SSSR count). The zero-order valence-corrected chi connectivity index (χ0v) is 20.4. The zero-order valence-electron chi connectivity index (χ0n) is 16.5. The largest absolute Gasteiger partial charge is 2.00 e. The fourth-order valence-electron chi connectivity index (χ4n) is 4.47. The number of hydrogen-bond acceptors (Lipinski definition) is 0. The molecule has 0 heterocycles. The molecule has 2 aromatic carbocycles. The van der Waals surface area contributed by atoms with Crippen molar-refractivity contribution in [3.8, 4) is 0 Å². The van der Waals surface area contributed by atoms with Gasteiger partial charge in [0.1, 0.15) is 0 Å². The summed E-state index contributed by atoms with van der Waals surface area (Å²) in [5, 5.41) is 0. The van der Waals surface area contributed by atoms with Gasteiger partial charge in [-0.15, -0.1) is 0 Å². The zero-order chi connectivity index (χ0) is 17.2. The average Bonchev–Trinajstić information content (AvgIpc) is 3.30. The van der Waals surface area contributed by atoms with Gasteiger partial charge in [0.15, 0.2) is 0 Å². The minimum absolute atomic E-state index is 0. The molecular formula is C25H26Cl2Zr. The van der Waals surface area contributed by atoms with E-state index < -0.39 is 0 Å². The van der Waals surface area contributed by atoms with Crippen molar-refractivity contribution in [1.29, 1.82) is 0 Å². The Bertz CT molecular complexity index is 866. The van der Waals surface area contributed by atoms with Gasteiger partial charge in [-0.3, -0.25) is 0 Å². The van der Waals surface area contributed by atoms with Crippen LogP contribution in [0.2, 0.25) is 0 Å². The second-order valence-corrected chi connectivity index (χ2v) is 7.27. The maximum absolute atomic E-state index is 2.45. The molecule has 0 saturated carbocycles. The number of halogens is 2. The molecular weight excluding hydrogens is 462 g/mol. The Balaban J connectivity index is 0.00000131. The fraction of sp³-hybridized carbons (Fsp3) is 0.280. The normalized spacial score (nSPS) is 17.1. The number of hydrogen-bond donors (Lipinski definition) is 0. The summed E-state index contributed by atoms with van der Waals surface area (Å²) in [5.74, 6) is 0.885.